The first-order valence-electron chi connectivity index (χ1n) is 6.11. The number of hydrogen-bond donors (Lipinski definition) is 2. The van der Waals surface area contributed by atoms with Crippen molar-refractivity contribution in [3.05, 3.63) is 35.4 Å². The van der Waals surface area contributed by atoms with E-state index in [0.29, 0.717) is 6.61 Å². The van der Waals surface area contributed by atoms with Crippen LogP contribution in [0.2, 0.25) is 0 Å². The summed E-state index contributed by atoms with van der Waals surface area (Å²) in [7, 11) is 0. The molecule has 1 aromatic rings. The molecule has 18 heavy (non-hydrogen) atoms. The lowest BCUT2D eigenvalue weighted by Gasteiger charge is -2.24. The first-order valence-corrected chi connectivity index (χ1v) is 6.11. The molecule has 1 heterocycles. The Hall–Kier alpha value is -1.04. The average Bonchev–Trinajstić information content (AvgIpc) is 2.40. The van der Waals surface area contributed by atoms with Crippen LogP contribution in [0.15, 0.2) is 18.2 Å². The van der Waals surface area contributed by atoms with E-state index in [9.17, 15) is 13.9 Å². The molecule has 1 aliphatic heterocycles. The molecule has 0 amide bonds. The zero-order chi connectivity index (χ0) is 13.0. The minimum atomic E-state index is -1.05. The first-order chi connectivity index (χ1) is 8.66. The minimum Gasteiger partial charge on any atom is -0.387 e. The van der Waals surface area contributed by atoms with Gasteiger partial charge in [0.05, 0.1) is 12.7 Å². The molecule has 0 aliphatic carbocycles. The van der Waals surface area contributed by atoms with Crippen LogP contribution >= 0.6 is 0 Å². The number of aliphatic hydroxyl groups is 1. The van der Waals surface area contributed by atoms with Crippen molar-refractivity contribution in [3.8, 4) is 0 Å². The quantitative estimate of drug-likeness (QED) is 0.863. The van der Waals surface area contributed by atoms with Crippen LogP contribution in [0.1, 0.15) is 24.5 Å². The molecule has 2 rings (SSSR count). The fourth-order valence-electron chi connectivity index (χ4n) is 2.06. The molecule has 2 N–H and O–H groups in total. The molecule has 0 bridgehead atoms. The van der Waals surface area contributed by atoms with Crippen LogP contribution in [-0.4, -0.2) is 30.9 Å². The molecule has 0 radical (unpaired) electrons. The maximum Gasteiger partial charge on any atom is 0.129 e. The highest BCUT2D eigenvalue weighted by Crippen LogP contribution is 2.18. The van der Waals surface area contributed by atoms with Gasteiger partial charge in [0.1, 0.15) is 11.6 Å². The molecular formula is C13H17F2NO2. The Morgan fingerprint density at radius 2 is 2.28 bits per heavy atom. The van der Waals surface area contributed by atoms with Gasteiger partial charge in [-0.3, -0.25) is 0 Å². The van der Waals surface area contributed by atoms with Crippen LogP contribution in [0.5, 0.6) is 0 Å². The molecule has 1 fully saturated rings. The van der Waals surface area contributed by atoms with Gasteiger partial charge >= 0.3 is 0 Å². The van der Waals surface area contributed by atoms with Crippen LogP contribution in [-0.2, 0) is 4.74 Å². The Morgan fingerprint density at radius 3 is 3.00 bits per heavy atom. The van der Waals surface area contributed by atoms with E-state index in [0.717, 1.165) is 37.6 Å². The Bertz CT molecular complexity index is 395. The monoisotopic (exact) mass is 257 g/mol. The smallest absolute Gasteiger partial charge is 0.129 e. The van der Waals surface area contributed by atoms with Crippen LogP contribution < -0.4 is 5.32 Å². The average molecular weight is 257 g/mol. The Labute approximate surface area is 105 Å². The van der Waals surface area contributed by atoms with Gasteiger partial charge in [0.2, 0.25) is 0 Å². The van der Waals surface area contributed by atoms with Crippen molar-refractivity contribution in [1.29, 1.82) is 0 Å². The predicted octanol–water partition coefficient (Wildman–Crippen LogP) is 1.77. The zero-order valence-corrected chi connectivity index (χ0v) is 10.0. The third-order valence-corrected chi connectivity index (χ3v) is 3.08. The summed E-state index contributed by atoms with van der Waals surface area (Å²) in [5.41, 5.74) is -0.0146. The maximum atomic E-state index is 13.4. The number of rotatable bonds is 4. The summed E-state index contributed by atoms with van der Waals surface area (Å²) in [5, 5.41) is 12.9. The lowest BCUT2D eigenvalue weighted by molar-refractivity contribution is 0.0636. The SMILES string of the molecule is OC(CNC1CCCOC1)c1cc(F)ccc1F. The zero-order valence-electron chi connectivity index (χ0n) is 10.0. The van der Waals surface area contributed by atoms with Gasteiger partial charge in [-0.05, 0) is 31.0 Å². The highest BCUT2D eigenvalue weighted by molar-refractivity contribution is 5.21. The number of benzene rings is 1. The van der Waals surface area contributed by atoms with Crippen molar-refractivity contribution in [2.24, 2.45) is 0 Å². The van der Waals surface area contributed by atoms with E-state index < -0.39 is 17.7 Å². The Balaban J connectivity index is 1.90. The third kappa shape index (κ3) is 3.48. The highest BCUT2D eigenvalue weighted by Gasteiger charge is 2.17. The summed E-state index contributed by atoms with van der Waals surface area (Å²) >= 11 is 0. The van der Waals surface area contributed by atoms with Crippen molar-refractivity contribution >= 4 is 0 Å². The number of nitrogens with one attached hydrogen (secondary N) is 1. The summed E-state index contributed by atoms with van der Waals surface area (Å²) in [6.07, 6.45) is 0.892. The van der Waals surface area contributed by atoms with Gasteiger partial charge in [-0.15, -0.1) is 0 Å². The normalized spacial score (nSPS) is 21.8. The predicted molar refractivity (Wildman–Crippen MR) is 63.2 cm³/mol. The van der Waals surface area contributed by atoms with E-state index in [-0.39, 0.29) is 18.2 Å². The Morgan fingerprint density at radius 1 is 1.44 bits per heavy atom. The van der Waals surface area contributed by atoms with Crippen LogP contribution in [0.4, 0.5) is 8.78 Å². The molecule has 0 aromatic heterocycles. The van der Waals surface area contributed by atoms with Crippen molar-refractivity contribution in [2.45, 2.75) is 25.0 Å². The molecule has 2 unspecified atom stereocenters. The van der Waals surface area contributed by atoms with Crippen LogP contribution in [0, 0.1) is 11.6 Å². The second-order valence-corrected chi connectivity index (χ2v) is 4.50. The number of hydrogen-bond acceptors (Lipinski definition) is 3. The van der Waals surface area contributed by atoms with E-state index in [2.05, 4.69) is 5.32 Å². The van der Waals surface area contributed by atoms with Crippen molar-refractivity contribution in [3.63, 3.8) is 0 Å². The summed E-state index contributed by atoms with van der Waals surface area (Å²) in [6, 6.07) is 3.26. The number of aliphatic hydroxyl groups excluding tert-OH is 1. The van der Waals surface area contributed by atoms with E-state index in [1.54, 1.807) is 0 Å². The topological polar surface area (TPSA) is 41.5 Å². The van der Waals surface area contributed by atoms with Gasteiger partial charge in [-0.25, -0.2) is 8.78 Å². The van der Waals surface area contributed by atoms with Gasteiger partial charge in [0.15, 0.2) is 0 Å². The molecule has 1 aliphatic rings. The molecule has 0 spiro atoms. The van der Waals surface area contributed by atoms with Gasteiger partial charge in [0.25, 0.3) is 0 Å². The van der Waals surface area contributed by atoms with Crippen LogP contribution in [0.25, 0.3) is 0 Å². The van der Waals surface area contributed by atoms with Crippen molar-refractivity contribution in [1.82, 2.24) is 5.32 Å². The third-order valence-electron chi connectivity index (χ3n) is 3.08. The van der Waals surface area contributed by atoms with Gasteiger partial charge in [-0.1, -0.05) is 0 Å². The van der Waals surface area contributed by atoms with E-state index >= 15 is 0 Å². The molecule has 100 valence electrons. The molecular weight excluding hydrogens is 240 g/mol. The molecule has 2 atom stereocenters. The van der Waals surface area contributed by atoms with Crippen LogP contribution in [0.3, 0.4) is 0 Å². The van der Waals surface area contributed by atoms with Gasteiger partial charge in [0, 0.05) is 24.8 Å². The molecule has 5 heteroatoms. The van der Waals surface area contributed by atoms with Crippen molar-refractivity contribution in [2.75, 3.05) is 19.8 Å². The second kappa shape index (κ2) is 6.22. The molecule has 0 saturated carbocycles. The summed E-state index contributed by atoms with van der Waals surface area (Å²) in [5.74, 6) is -1.14. The molecule has 1 aromatic carbocycles. The number of halogens is 2. The number of ether oxygens (including phenoxy) is 1. The Kier molecular flexibility index (Phi) is 4.63. The second-order valence-electron chi connectivity index (χ2n) is 4.50. The van der Waals surface area contributed by atoms with E-state index in [4.69, 9.17) is 4.74 Å². The van der Waals surface area contributed by atoms with E-state index in [1.165, 1.54) is 0 Å². The summed E-state index contributed by atoms with van der Waals surface area (Å²) < 4.78 is 31.7. The largest absolute Gasteiger partial charge is 0.387 e. The fourth-order valence-corrected chi connectivity index (χ4v) is 2.06. The lowest BCUT2D eigenvalue weighted by atomic mass is 10.1. The molecule has 1 saturated heterocycles. The van der Waals surface area contributed by atoms with E-state index in [1.807, 2.05) is 0 Å². The standard InChI is InChI=1S/C13H17F2NO2/c14-9-3-4-12(15)11(6-9)13(17)7-16-10-2-1-5-18-8-10/h3-4,6,10,13,16-17H,1-2,5,7-8H2. The maximum absolute atomic E-state index is 13.4. The van der Waals surface area contributed by atoms with Gasteiger partial charge in [-0.2, -0.15) is 0 Å². The van der Waals surface area contributed by atoms with Gasteiger partial charge < -0.3 is 15.2 Å². The summed E-state index contributed by atoms with van der Waals surface area (Å²) in [4.78, 5) is 0. The first kappa shape index (κ1) is 13.4. The van der Waals surface area contributed by atoms with Crippen molar-refractivity contribution < 1.29 is 18.6 Å². The molecule has 3 nitrogen and oxygen atoms in total. The lowest BCUT2D eigenvalue weighted by Crippen LogP contribution is -2.39. The summed E-state index contributed by atoms with van der Waals surface area (Å²) in [6.45, 7) is 1.55. The fraction of sp³-hybridized carbons (Fsp3) is 0.538. The minimum absolute atomic E-state index is 0.0146. The highest BCUT2D eigenvalue weighted by atomic mass is 19.1.